The molecule has 0 spiro atoms. The van der Waals surface area contributed by atoms with Crippen molar-refractivity contribution >= 4 is 25.7 Å². The number of hydrogen-bond donors (Lipinski definition) is 0. The highest BCUT2D eigenvalue weighted by molar-refractivity contribution is 7.48. The first-order valence-corrected chi connectivity index (χ1v) is 10.9. The molecule has 218 valence electrons. The molecule has 0 bridgehead atoms. The van der Waals surface area contributed by atoms with E-state index in [-0.39, 0.29) is 0 Å². The number of ether oxygens (including phenoxy) is 3. The maximum Gasteiger partial charge on any atom is 0.475 e. The normalized spacial score (nSPS) is 12.4. The lowest BCUT2D eigenvalue weighted by Crippen LogP contribution is -2.23. The molecule has 0 aliphatic rings. The van der Waals surface area contributed by atoms with E-state index >= 15 is 0 Å². The number of esters is 3. The first-order chi connectivity index (χ1) is 17.1. The number of hydrogen-bond acceptors (Lipinski definition) is 10. The Balaban J connectivity index is 4.98. The van der Waals surface area contributed by atoms with Crippen LogP contribution in [0.15, 0.2) is 36.5 Å². The lowest BCUT2D eigenvalue weighted by atomic mass is 10.3. The molecule has 0 aliphatic carbocycles. The quantitative estimate of drug-likeness (QED) is 0.0681. The number of phosphoric acid groups is 1. The third kappa shape index (κ3) is 13.1. The Morgan fingerprint density at radius 3 is 0.895 bits per heavy atom. The van der Waals surface area contributed by atoms with E-state index in [4.69, 9.17) is 0 Å². The van der Waals surface area contributed by atoms with E-state index in [2.05, 4.69) is 47.5 Å². The third-order valence-electron chi connectivity index (χ3n) is 3.46. The molecule has 0 N–H and O–H groups in total. The van der Waals surface area contributed by atoms with Crippen LogP contribution in [0.5, 0.6) is 0 Å². The third-order valence-corrected chi connectivity index (χ3v) is 4.96. The molecule has 0 saturated heterocycles. The van der Waals surface area contributed by atoms with Gasteiger partial charge < -0.3 is 14.2 Å². The fourth-order valence-electron chi connectivity index (χ4n) is 1.57. The molecule has 0 aromatic heterocycles. The summed E-state index contributed by atoms with van der Waals surface area (Å²) in [6, 6.07) is 0. The van der Waals surface area contributed by atoms with Crippen LogP contribution in [0, 0.1) is 0 Å². The summed E-state index contributed by atoms with van der Waals surface area (Å²) < 4.78 is 150. The SMILES string of the molecule is C=C(C(=O)OCCOP(=O)(OCCOC(=O)C(=C)C(F)(F)F)OCCOC(=O)C(=C)C(F)(F)F)C(F)(F)F. The minimum atomic E-state index is -5.12. The van der Waals surface area contributed by atoms with E-state index in [1.54, 1.807) is 0 Å². The summed E-state index contributed by atoms with van der Waals surface area (Å²) >= 11 is 0. The van der Waals surface area contributed by atoms with Gasteiger partial charge in [-0.1, -0.05) is 19.7 Å². The molecule has 0 unspecified atom stereocenters. The second kappa shape index (κ2) is 14.3. The standard InChI is InChI=1S/C18H18F9O10P/c1-10(16(19,20)21)13(28)32-4-7-35-38(31,36-8-5-33-14(29)11(2)17(22,23)24)37-9-6-34-15(30)12(3)18(25,26)27/h1-9H2. The van der Waals surface area contributed by atoms with E-state index in [0.29, 0.717) is 0 Å². The summed E-state index contributed by atoms with van der Waals surface area (Å²) in [4.78, 5) is 33.6. The highest BCUT2D eigenvalue weighted by Gasteiger charge is 2.40. The van der Waals surface area contributed by atoms with Crippen molar-refractivity contribution in [2.45, 2.75) is 18.5 Å². The van der Waals surface area contributed by atoms with Gasteiger partial charge in [0.1, 0.15) is 36.5 Å². The summed E-state index contributed by atoms with van der Waals surface area (Å²) in [7, 11) is -4.88. The molecule has 0 saturated carbocycles. The van der Waals surface area contributed by atoms with Crippen LogP contribution in [0.3, 0.4) is 0 Å². The Morgan fingerprint density at radius 1 is 0.500 bits per heavy atom. The number of alkyl halides is 9. The number of rotatable bonds is 15. The van der Waals surface area contributed by atoms with E-state index < -0.39 is 101 Å². The van der Waals surface area contributed by atoms with Crippen molar-refractivity contribution in [2.75, 3.05) is 39.6 Å². The second-order valence-corrected chi connectivity index (χ2v) is 7.95. The van der Waals surface area contributed by atoms with Gasteiger partial charge in [0, 0.05) is 0 Å². The molecule has 0 aromatic carbocycles. The molecule has 0 rings (SSSR count). The van der Waals surface area contributed by atoms with Gasteiger partial charge in [-0.25, -0.2) is 18.9 Å². The minimum absolute atomic E-state index is 0.983. The summed E-state index contributed by atoms with van der Waals surface area (Å²) in [6.07, 6.45) is -15.4. The topological polar surface area (TPSA) is 124 Å². The number of phosphoric ester groups is 1. The largest absolute Gasteiger partial charge is 0.475 e. The van der Waals surface area contributed by atoms with E-state index in [1.807, 2.05) is 0 Å². The van der Waals surface area contributed by atoms with Gasteiger partial charge >= 0.3 is 44.3 Å². The van der Waals surface area contributed by atoms with E-state index in [9.17, 15) is 58.5 Å². The first kappa shape index (κ1) is 35.1. The average Bonchev–Trinajstić information content (AvgIpc) is 2.78. The zero-order valence-corrected chi connectivity index (χ0v) is 19.7. The molecule has 0 atom stereocenters. The predicted molar refractivity (Wildman–Crippen MR) is 104 cm³/mol. The Bertz CT molecular complexity index is 835. The van der Waals surface area contributed by atoms with Crippen molar-refractivity contribution in [3.8, 4) is 0 Å². The van der Waals surface area contributed by atoms with Crippen LogP contribution in [0.25, 0.3) is 0 Å². The molecule has 38 heavy (non-hydrogen) atoms. The first-order valence-electron chi connectivity index (χ1n) is 9.45. The molecule has 0 fully saturated rings. The molecular formula is C18H18F9O10P. The Kier molecular flexibility index (Phi) is 13.2. The Hall–Kier alpha value is -2.89. The number of carbonyl (C=O) groups excluding carboxylic acids is 3. The summed E-state index contributed by atoms with van der Waals surface area (Å²) in [5.74, 6) is -5.77. The molecule has 0 aliphatic heterocycles. The van der Waals surface area contributed by atoms with Crippen LogP contribution in [0.2, 0.25) is 0 Å². The highest BCUT2D eigenvalue weighted by Crippen LogP contribution is 2.49. The van der Waals surface area contributed by atoms with Gasteiger partial charge in [0.25, 0.3) is 0 Å². The zero-order chi connectivity index (χ0) is 29.9. The van der Waals surface area contributed by atoms with Crippen LogP contribution in [0.4, 0.5) is 39.5 Å². The maximum absolute atomic E-state index is 12.5. The second-order valence-electron chi connectivity index (χ2n) is 6.28. The van der Waals surface area contributed by atoms with Crippen molar-refractivity contribution in [3.05, 3.63) is 36.5 Å². The minimum Gasteiger partial charge on any atom is -0.460 e. The number of carbonyl (C=O) groups is 3. The molecular weight excluding hydrogens is 578 g/mol. The smallest absolute Gasteiger partial charge is 0.460 e. The van der Waals surface area contributed by atoms with Gasteiger partial charge in [-0.3, -0.25) is 13.6 Å². The molecule has 0 amide bonds. The summed E-state index contributed by atoms with van der Waals surface area (Å²) in [6.45, 7) is 1.44. The van der Waals surface area contributed by atoms with Crippen LogP contribution in [-0.4, -0.2) is 76.1 Å². The van der Waals surface area contributed by atoms with Gasteiger partial charge in [-0.2, -0.15) is 39.5 Å². The molecule has 0 radical (unpaired) electrons. The molecule has 20 heteroatoms. The average molecular weight is 596 g/mol. The van der Waals surface area contributed by atoms with E-state index in [1.165, 1.54) is 0 Å². The van der Waals surface area contributed by atoms with Gasteiger partial charge in [-0.05, 0) is 0 Å². The van der Waals surface area contributed by atoms with Crippen molar-refractivity contribution < 1.29 is 86.2 Å². The molecule has 0 heterocycles. The van der Waals surface area contributed by atoms with Crippen LogP contribution >= 0.6 is 7.82 Å². The fourth-order valence-corrected chi connectivity index (χ4v) is 2.69. The van der Waals surface area contributed by atoms with Crippen molar-refractivity contribution in [1.82, 2.24) is 0 Å². The lowest BCUT2D eigenvalue weighted by molar-refractivity contribution is -0.152. The number of halogens is 9. The van der Waals surface area contributed by atoms with Gasteiger partial charge in [0.05, 0.1) is 19.8 Å². The summed E-state index contributed by atoms with van der Waals surface area (Å²) in [5, 5.41) is 0. The molecule has 10 nitrogen and oxygen atoms in total. The highest BCUT2D eigenvalue weighted by atomic mass is 31.2. The van der Waals surface area contributed by atoms with Gasteiger partial charge in [0.15, 0.2) is 0 Å². The fraction of sp³-hybridized carbons (Fsp3) is 0.500. The zero-order valence-electron chi connectivity index (χ0n) is 18.8. The van der Waals surface area contributed by atoms with Crippen LogP contribution in [-0.2, 0) is 46.7 Å². The van der Waals surface area contributed by atoms with Crippen molar-refractivity contribution in [2.24, 2.45) is 0 Å². The van der Waals surface area contributed by atoms with E-state index in [0.717, 1.165) is 0 Å². The Labute approximate surface area is 207 Å². The lowest BCUT2D eigenvalue weighted by Gasteiger charge is -2.18. The van der Waals surface area contributed by atoms with Crippen LogP contribution in [0.1, 0.15) is 0 Å². The predicted octanol–water partition coefficient (Wildman–Crippen LogP) is 4.13. The van der Waals surface area contributed by atoms with Crippen molar-refractivity contribution in [1.29, 1.82) is 0 Å². The van der Waals surface area contributed by atoms with Crippen LogP contribution < -0.4 is 0 Å². The Morgan fingerprint density at radius 2 is 0.711 bits per heavy atom. The van der Waals surface area contributed by atoms with Crippen molar-refractivity contribution in [3.63, 3.8) is 0 Å². The summed E-state index contributed by atoms with van der Waals surface area (Å²) in [5.41, 5.74) is -5.67. The molecule has 0 aromatic rings. The van der Waals surface area contributed by atoms with Gasteiger partial charge in [0.2, 0.25) is 0 Å². The maximum atomic E-state index is 12.5. The monoisotopic (exact) mass is 596 g/mol. The van der Waals surface area contributed by atoms with Gasteiger partial charge in [-0.15, -0.1) is 0 Å².